The van der Waals surface area contributed by atoms with Gasteiger partial charge in [-0.1, -0.05) is 0 Å². The second kappa shape index (κ2) is 4.09. The van der Waals surface area contributed by atoms with Crippen molar-refractivity contribution in [1.29, 1.82) is 0 Å². The topological polar surface area (TPSA) is 34.9 Å². The van der Waals surface area contributed by atoms with Gasteiger partial charge in [-0.15, -0.1) is 0 Å². The summed E-state index contributed by atoms with van der Waals surface area (Å²) in [6, 6.07) is 0. The molecule has 0 radical (unpaired) electrons. The van der Waals surface area contributed by atoms with E-state index in [0.717, 1.165) is 5.82 Å². The molecule has 0 saturated carbocycles. The lowest BCUT2D eigenvalue weighted by Gasteiger charge is -2.06. The molecule has 0 fully saturated rings. The molecular weight excluding hydrogens is 240 g/mol. The Morgan fingerprint density at radius 2 is 2.42 bits per heavy atom. The van der Waals surface area contributed by atoms with Crippen LogP contribution in [0, 0.1) is 6.92 Å². The summed E-state index contributed by atoms with van der Waals surface area (Å²) >= 11 is 7.19. The van der Waals surface area contributed by atoms with E-state index in [1.165, 1.54) is 6.20 Å². The average Bonchev–Trinajstić information content (AvgIpc) is 2.06. The van der Waals surface area contributed by atoms with Crippen molar-refractivity contribution in [3.63, 3.8) is 0 Å². The molecule has 0 bridgehead atoms. The molecule has 0 aromatic carbocycles. The summed E-state index contributed by atoms with van der Waals surface area (Å²) in [6.45, 7) is 2.40. The van der Waals surface area contributed by atoms with Gasteiger partial charge < -0.3 is 0 Å². The van der Waals surface area contributed by atoms with Crippen molar-refractivity contribution in [1.82, 2.24) is 9.55 Å². The predicted octanol–water partition coefficient (Wildman–Crippen LogP) is 1.24. The van der Waals surface area contributed by atoms with E-state index in [0.29, 0.717) is 16.8 Å². The minimum absolute atomic E-state index is 0.0449. The first kappa shape index (κ1) is 9.80. The summed E-state index contributed by atoms with van der Waals surface area (Å²) in [7, 11) is 0. The number of thiol groups is 1. The summed E-state index contributed by atoms with van der Waals surface area (Å²) in [5.74, 6) is 1.36. The first-order valence-corrected chi connectivity index (χ1v) is 4.92. The third-order valence-electron chi connectivity index (χ3n) is 1.53. The molecule has 1 aromatic heterocycles. The van der Waals surface area contributed by atoms with Crippen LogP contribution < -0.4 is 5.56 Å². The lowest BCUT2D eigenvalue weighted by molar-refractivity contribution is 0.677. The van der Waals surface area contributed by atoms with Crippen molar-refractivity contribution >= 4 is 28.6 Å². The van der Waals surface area contributed by atoms with Crippen LogP contribution in [0.3, 0.4) is 0 Å². The van der Waals surface area contributed by atoms with E-state index in [2.05, 4.69) is 33.5 Å². The zero-order chi connectivity index (χ0) is 9.14. The Hall–Kier alpha value is -0.290. The fraction of sp³-hybridized carbons (Fsp3) is 0.429. The zero-order valence-electron chi connectivity index (χ0n) is 6.62. The third kappa shape index (κ3) is 1.90. The molecule has 0 amide bonds. The first-order valence-electron chi connectivity index (χ1n) is 3.49. The highest BCUT2D eigenvalue weighted by molar-refractivity contribution is 9.10. The maximum absolute atomic E-state index is 11.4. The van der Waals surface area contributed by atoms with Crippen LogP contribution in [0.15, 0.2) is 15.5 Å². The van der Waals surface area contributed by atoms with Crippen LogP contribution in [0.1, 0.15) is 5.82 Å². The summed E-state index contributed by atoms with van der Waals surface area (Å²) < 4.78 is 2.09. The summed E-state index contributed by atoms with van der Waals surface area (Å²) in [6.07, 6.45) is 1.52. The molecular formula is C7H9BrN2OS. The molecule has 1 aromatic rings. The van der Waals surface area contributed by atoms with E-state index in [1.807, 2.05) is 0 Å². The fourth-order valence-corrected chi connectivity index (χ4v) is 1.43. The van der Waals surface area contributed by atoms with Gasteiger partial charge in [-0.25, -0.2) is 4.98 Å². The van der Waals surface area contributed by atoms with Gasteiger partial charge in [0.15, 0.2) is 0 Å². The van der Waals surface area contributed by atoms with Crippen molar-refractivity contribution in [3.8, 4) is 0 Å². The highest BCUT2D eigenvalue weighted by Crippen LogP contribution is 2.01. The number of aromatic nitrogens is 2. The van der Waals surface area contributed by atoms with Crippen LogP contribution in [0.4, 0.5) is 0 Å². The van der Waals surface area contributed by atoms with Crippen LogP contribution >= 0.6 is 28.6 Å². The van der Waals surface area contributed by atoms with E-state index in [4.69, 9.17) is 0 Å². The third-order valence-corrected chi connectivity index (χ3v) is 2.27. The zero-order valence-corrected chi connectivity index (χ0v) is 9.10. The molecule has 0 saturated heterocycles. The Morgan fingerprint density at radius 1 is 1.75 bits per heavy atom. The van der Waals surface area contributed by atoms with E-state index in [-0.39, 0.29) is 5.56 Å². The number of nitrogens with zero attached hydrogens (tertiary/aromatic N) is 2. The number of rotatable bonds is 2. The minimum atomic E-state index is -0.0449. The Labute approximate surface area is 84.4 Å². The van der Waals surface area contributed by atoms with Gasteiger partial charge in [-0.05, 0) is 22.9 Å². The molecule has 0 N–H and O–H groups in total. The van der Waals surface area contributed by atoms with Gasteiger partial charge in [0, 0.05) is 18.5 Å². The van der Waals surface area contributed by atoms with Gasteiger partial charge in [0.2, 0.25) is 0 Å². The smallest absolute Gasteiger partial charge is 0.267 e. The van der Waals surface area contributed by atoms with E-state index in [9.17, 15) is 4.79 Å². The van der Waals surface area contributed by atoms with Crippen LogP contribution in [0.2, 0.25) is 0 Å². The largest absolute Gasteiger partial charge is 0.295 e. The highest BCUT2D eigenvalue weighted by Gasteiger charge is 2.03. The number of hydrogen-bond acceptors (Lipinski definition) is 3. The van der Waals surface area contributed by atoms with Gasteiger partial charge in [-0.2, -0.15) is 12.6 Å². The van der Waals surface area contributed by atoms with Crippen molar-refractivity contribution in [2.24, 2.45) is 0 Å². The van der Waals surface area contributed by atoms with E-state index in [1.54, 1.807) is 11.5 Å². The molecule has 0 atom stereocenters. The molecule has 0 aliphatic carbocycles. The van der Waals surface area contributed by atoms with Crippen LogP contribution in [-0.2, 0) is 6.54 Å². The molecule has 5 heteroatoms. The summed E-state index contributed by atoms with van der Waals surface area (Å²) in [5, 5.41) is 0. The van der Waals surface area contributed by atoms with Gasteiger partial charge in [-0.3, -0.25) is 9.36 Å². The quantitative estimate of drug-likeness (QED) is 0.800. The van der Waals surface area contributed by atoms with Gasteiger partial charge >= 0.3 is 0 Å². The minimum Gasteiger partial charge on any atom is -0.295 e. The SMILES string of the molecule is Cc1ncc(Br)c(=O)n1CCS. The fourth-order valence-electron chi connectivity index (χ4n) is 0.914. The molecule has 0 unspecified atom stereocenters. The van der Waals surface area contributed by atoms with Gasteiger partial charge in [0.25, 0.3) is 5.56 Å². The normalized spacial score (nSPS) is 10.2. The highest BCUT2D eigenvalue weighted by atomic mass is 79.9. The monoisotopic (exact) mass is 248 g/mol. The summed E-state index contributed by atoms with van der Waals surface area (Å²) in [5.41, 5.74) is -0.0449. The number of aryl methyl sites for hydroxylation is 1. The van der Waals surface area contributed by atoms with Crippen molar-refractivity contribution in [2.75, 3.05) is 5.75 Å². The van der Waals surface area contributed by atoms with E-state index < -0.39 is 0 Å². The second-order valence-corrected chi connectivity index (χ2v) is 3.64. The Morgan fingerprint density at radius 3 is 3.00 bits per heavy atom. The van der Waals surface area contributed by atoms with Crippen LogP contribution in [0.25, 0.3) is 0 Å². The Bertz CT molecular complexity index is 337. The standard InChI is InChI=1S/C7H9BrN2OS/c1-5-9-4-6(8)7(11)10(5)2-3-12/h4,12H,2-3H2,1H3. The molecule has 0 aliphatic rings. The molecule has 1 heterocycles. The van der Waals surface area contributed by atoms with Gasteiger partial charge in [0.1, 0.15) is 10.3 Å². The average molecular weight is 249 g/mol. The number of hydrogen-bond donors (Lipinski definition) is 1. The van der Waals surface area contributed by atoms with E-state index >= 15 is 0 Å². The Balaban J connectivity index is 3.24. The van der Waals surface area contributed by atoms with Gasteiger partial charge in [0.05, 0.1) is 0 Å². The first-order chi connectivity index (χ1) is 5.66. The molecule has 0 spiro atoms. The lowest BCUT2D eigenvalue weighted by Crippen LogP contribution is -2.24. The molecule has 0 aliphatic heterocycles. The van der Waals surface area contributed by atoms with Crippen molar-refractivity contribution < 1.29 is 0 Å². The van der Waals surface area contributed by atoms with Crippen molar-refractivity contribution in [2.45, 2.75) is 13.5 Å². The summed E-state index contributed by atoms with van der Waals surface area (Å²) in [4.78, 5) is 15.5. The molecule has 12 heavy (non-hydrogen) atoms. The Kier molecular flexibility index (Phi) is 3.34. The van der Waals surface area contributed by atoms with Crippen molar-refractivity contribution in [3.05, 3.63) is 26.8 Å². The maximum Gasteiger partial charge on any atom is 0.267 e. The van der Waals surface area contributed by atoms with Crippen LogP contribution in [-0.4, -0.2) is 15.3 Å². The number of halogens is 1. The second-order valence-electron chi connectivity index (χ2n) is 2.33. The molecule has 3 nitrogen and oxygen atoms in total. The van der Waals surface area contributed by atoms with Crippen LogP contribution in [0.5, 0.6) is 0 Å². The maximum atomic E-state index is 11.4. The lowest BCUT2D eigenvalue weighted by atomic mass is 10.5. The predicted molar refractivity (Wildman–Crippen MR) is 54.8 cm³/mol. The molecule has 66 valence electrons. The molecule has 1 rings (SSSR count).